The van der Waals surface area contributed by atoms with Crippen LogP contribution in [0.25, 0.3) is 0 Å². The zero-order chi connectivity index (χ0) is 6.97. The lowest BCUT2D eigenvalue weighted by Gasteiger charge is -2.09. The second-order valence-electron chi connectivity index (χ2n) is 3.71. The summed E-state index contributed by atoms with van der Waals surface area (Å²) < 4.78 is 0. The van der Waals surface area contributed by atoms with E-state index in [-0.39, 0.29) is 0 Å². The van der Waals surface area contributed by atoms with Crippen LogP contribution in [0.2, 0.25) is 0 Å². The lowest BCUT2D eigenvalue weighted by atomic mass is 10.2. The zero-order valence-electron chi connectivity index (χ0n) is 6.34. The first-order chi connectivity index (χ1) is 4.84. The second-order valence-corrected chi connectivity index (χ2v) is 3.71. The number of nitrogens with one attached hydrogen (secondary N) is 1. The Morgan fingerprint density at radius 3 is 2.20 bits per heavy atom. The van der Waals surface area contributed by atoms with E-state index in [0.29, 0.717) is 6.04 Å². The average Bonchev–Trinajstić information content (AvgIpc) is 2.59. The summed E-state index contributed by atoms with van der Waals surface area (Å²) in [5.41, 5.74) is 5.78. The highest BCUT2D eigenvalue weighted by molar-refractivity contribution is 4.89. The van der Waals surface area contributed by atoms with Crippen molar-refractivity contribution in [1.82, 2.24) is 5.32 Å². The molecule has 2 unspecified atom stereocenters. The predicted molar refractivity (Wildman–Crippen MR) is 41.8 cm³/mol. The maximum absolute atomic E-state index is 5.78. The van der Waals surface area contributed by atoms with Gasteiger partial charge < -0.3 is 11.1 Å². The fraction of sp³-hybridized carbons (Fsp3) is 1.00. The van der Waals surface area contributed by atoms with Crippen LogP contribution in [0.4, 0.5) is 0 Å². The van der Waals surface area contributed by atoms with E-state index >= 15 is 0 Å². The van der Waals surface area contributed by atoms with Crippen LogP contribution in [-0.4, -0.2) is 18.1 Å². The lowest BCUT2D eigenvalue weighted by Crippen LogP contribution is -2.30. The van der Waals surface area contributed by atoms with Crippen molar-refractivity contribution in [2.45, 2.75) is 50.2 Å². The Balaban J connectivity index is 1.72. The maximum atomic E-state index is 5.78. The van der Waals surface area contributed by atoms with Gasteiger partial charge in [-0.3, -0.25) is 0 Å². The molecular weight excluding hydrogens is 124 g/mol. The number of hydrogen-bond acceptors (Lipinski definition) is 2. The molecule has 0 spiro atoms. The van der Waals surface area contributed by atoms with E-state index in [1.54, 1.807) is 0 Å². The summed E-state index contributed by atoms with van der Waals surface area (Å²) in [6.45, 7) is 0. The molecule has 10 heavy (non-hydrogen) atoms. The van der Waals surface area contributed by atoms with Gasteiger partial charge in [-0.15, -0.1) is 0 Å². The van der Waals surface area contributed by atoms with Crippen LogP contribution in [-0.2, 0) is 0 Å². The Morgan fingerprint density at radius 1 is 1.00 bits per heavy atom. The molecule has 0 saturated heterocycles. The van der Waals surface area contributed by atoms with Crippen LogP contribution in [0.5, 0.6) is 0 Å². The molecule has 2 saturated carbocycles. The Morgan fingerprint density at radius 2 is 1.70 bits per heavy atom. The largest absolute Gasteiger partial charge is 0.328 e. The quantitative estimate of drug-likeness (QED) is 0.590. The smallest absolute Gasteiger partial charge is 0.00849 e. The fourth-order valence-corrected chi connectivity index (χ4v) is 1.75. The first-order valence-electron chi connectivity index (χ1n) is 4.36. The molecule has 0 radical (unpaired) electrons. The minimum Gasteiger partial charge on any atom is -0.328 e. The van der Waals surface area contributed by atoms with Gasteiger partial charge in [0, 0.05) is 18.1 Å². The van der Waals surface area contributed by atoms with Gasteiger partial charge in [0.1, 0.15) is 0 Å². The van der Waals surface area contributed by atoms with Gasteiger partial charge in [0.2, 0.25) is 0 Å². The van der Waals surface area contributed by atoms with Crippen molar-refractivity contribution in [3.63, 3.8) is 0 Å². The van der Waals surface area contributed by atoms with E-state index in [1.165, 1.54) is 32.1 Å². The SMILES string of the molecule is NC1CCC(NC2CC2)C1. The molecule has 3 N–H and O–H groups in total. The molecule has 2 nitrogen and oxygen atoms in total. The first kappa shape index (κ1) is 6.62. The van der Waals surface area contributed by atoms with Gasteiger partial charge in [0.15, 0.2) is 0 Å². The standard InChI is InChI=1S/C8H16N2/c9-6-1-2-8(5-6)10-7-3-4-7/h6-8,10H,1-5,9H2. The van der Waals surface area contributed by atoms with Gasteiger partial charge in [0.25, 0.3) is 0 Å². The molecule has 2 heteroatoms. The van der Waals surface area contributed by atoms with Crippen molar-refractivity contribution in [3.05, 3.63) is 0 Å². The summed E-state index contributed by atoms with van der Waals surface area (Å²) in [6.07, 6.45) is 6.52. The predicted octanol–water partition coefficient (Wildman–Crippen LogP) is 0.618. The third-order valence-electron chi connectivity index (χ3n) is 2.52. The van der Waals surface area contributed by atoms with Crippen molar-refractivity contribution >= 4 is 0 Å². The number of rotatable bonds is 2. The number of nitrogens with two attached hydrogens (primary N) is 1. The molecule has 0 aliphatic heterocycles. The number of hydrogen-bond donors (Lipinski definition) is 2. The molecule has 0 amide bonds. The highest BCUT2D eigenvalue weighted by Gasteiger charge is 2.28. The van der Waals surface area contributed by atoms with Gasteiger partial charge in [-0.1, -0.05) is 0 Å². The second kappa shape index (κ2) is 2.51. The van der Waals surface area contributed by atoms with Crippen molar-refractivity contribution in [3.8, 4) is 0 Å². The van der Waals surface area contributed by atoms with E-state index in [9.17, 15) is 0 Å². The van der Waals surface area contributed by atoms with Gasteiger partial charge in [0.05, 0.1) is 0 Å². The van der Waals surface area contributed by atoms with Crippen molar-refractivity contribution < 1.29 is 0 Å². The minimum absolute atomic E-state index is 0.483. The van der Waals surface area contributed by atoms with Crippen molar-refractivity contribution in [2.75, 3.05) is 0 Å². The third kappa shape index (κ3) is 1.50. The molecule has 2 aliphatic carbocycles. The molecule has 2 rings (SSSR count). The Bertz CT molecular complexity index is 120. The Kier molecular flexibility index (Phi) is 1.66. The van der Waals surface area contributed by atoms with Crippen LogP contribution in [0.15, 0.2) is 0 Å². The molecule has 58 valence electrons. The summed E-state index contributed by atoms with van der Waals surface area (Å²) in [4.78, 5) is 0. The molecule has 0 aromatic carbocycles. The van der Waals surface area contributed by atoms with Crippen LogP contribution in [0.1, 0.15) is 32.1 Å². The highest BCUT2D eigenvalue weighted by Crippen LogP contribution is 2.24. The van der Waals surface area contributed by atoms with Crippen LogP contribution in [0, 0.1) is 0 Å². The van der Waals surface area contributed by atoms with Crippen LogP contribution >= 0.6 is 0 Å². The van der Waals surface area contributed by atoms with Crippen molar-refractivity contribution in [2.24, 2.45) is 5.73 Å². The zero-order valence-corrected chi connectivity index (χ0v) is 6.34. The monoisotopic (exact) mass is 140 g/mol. The molecular formula is C8H16N2. The Labute approximate surface area is 62.2 Å². The van der Waals surface area contributed by atoms with Crippen LogP contribution in [0.3, 0.4) is 0 Å². The van der Waals surface area contributed by atoms with Crippen molar-refractivity contribution in [1.29, 1.82) is 0 Å². The van der Waals surface area contributed by atoms with Gasteiger partial charge in [-0.05, 0) is 32.1 Å². The minimum atomic E-state index is 0.483. The summed E-state index contributed by atoms with van der Waals surface area (Å²) in [7, 11) is 0. The topological polar surface area (TPSA) is 38.0 Å². The summed E-state index contributed by atoms with van der Waals surface area (Å²) in [6, 6.07) is 2.09. The van der Waals surface area contributed by atoms with Gasteiger partial charge in [-0.25, -0.2) is 0 Å². The average molecular weight is 140 g/mol. The van der Waals surface area contributed by atoms with Crippen LogP contribution < -0.4 is 11.1 Å². The lowest BCUT2D eigenvalue weighted by molar-refractivity contribution is 0.514. The van der Waals surface area contributed by atoms with Gasteiger partial charge in [-0.2, -0.15) is 0 Å². The summed E-state index contributed by atoms with van der Waals surface area (Å²) in [5, 5.41) is 3.60. The summed E-state index contributed by atoms with van der Waals surface area (Å²) in [5.74, 6) is 0. The fourth-order valence-electron chi connectivity index (χ4n) is 1.75. The molecule has 0 heterocycles. The van der Waals surface area contributed by atoms with E-state index in [2.05, 4.69) is 5.32 Å². The highest BCUT2D eigenvalue weighted by atomic mass is 15.0. The molecule has 0 bridgehead atoms. The van der Waals surface area contributed by atoms with E-state index in [4.69, 9.17) is 5.73 Å². The maximum Gasteiger partial charge on any atom is 0.00849 e. The normalized spacial score (nSPS) is 40.5. The van der Waals surface area contributed by atoms with E-state index in [1.807, 2.05) is 0 Å². The molecule has 2 atom stereocenters. The molecule has 2 aliphatic rings. The third-order valence-corrected chi connectivity index (χ3v) is 2.52. The van der Waals surface area contributed by atoms with E-state index < -0.39 is 0 Å². The molecule has 2 fully saturated rings. The first-order valence-corrected chi connectivity index (χ1v) is 4.36. The Hall–Kier alpha value is -0.0800. The van der Waals surface area contributed by atoms with Gasteiger partial charge >= 0.3 is 0 Å². The summed E-state index contributed by atoms with van der Waals surface area (Å²) >= 11 is 0. The molecule has 0 aromatic rings. The molecule has 0 aromatic heterocycles. The van der Waals surface area contributed by atoms with E-state index in [0.717, 1.165) is 12.1 Å².